The summed E-state index contributed by atoms with van der Waals surface area (Å²) < 4.78 is 14.4. The van der Waals surface area contributed by atoms with E-state index < -0.39 is 0 Å². The fourth-order valence-corrected chi connectivity index (χ4v) is 3.70. The summed E-state index contributed by atoms with van der Waals surface area (Å²) in [4.78, 5) is 20.1. The lowest BCUT2D eigenvalue weighted by Crippen LogP contribution is -2.56. The van der Waals surface area contributed by atoms with E-state index in [1.165, 1.54) is 6.07 Å². The first-order valence-corrected chi connectivity index (χ1v) is 8.52. The monoisotopic (exact) mass is 359 g/mol. The molecule has 2 aliphatic rings. The van der Waals surface area contributed by atoms with Gasteiger partial charge in [-0.15, -0.1) is 0 Å². The number of pyridine rings is 1. The first kappa shape index (κ1) is 14.1. The number of amides is 1. The van der Waals surface area contributed by atoms with Crippen molar-refractivity contribution in [2.75, 3.05) is 42.6 Å². The Morgan fingerprint density at radius 2 is 2.10 bits per heavy atom. The minimum absolute atomic E-state index is 0.0112. The summed E-state index contributed by atoms with van der Waals surface area (Å²) >= 11 is 5.07. The van der Waals surface area contributed by atoms with E-state index in [4.69, 9.17) is 0 Å². The van der Waals surface area contributed by atoms with E-state index >= 15 is 0 Å². The second-order valence-electron chi connectivity index (χ2n) is 5.00. The van der Waals surface area contributed by atoms with Gasteiger partial charge in [-0.1, -0.05) is 0 Å². The Kier molecular flexibility index (Phi) is 4.16. The highest BCUT2D eigenvalue weighted by atomic mass is 79.9. The summed E-state index contributed by atoms with van der Waals surface area (Å²) in [6, 6.07) is 1.40. The lowest BCUT2D eigenvalue weighted by atomic mass is 9.98. The maximum absolute atomic E-state index is 13.8. The molecule has 4 nitrogen and oxygen atoms in total. The van der Waals surface area contributed by atoms with Crippen LogP contribution in [-0.2, 0) is 4.79 Å². The molecule has 3 rings (SSSR count). The molecule has 1 aromatic heterocycles. The molecule has 7 heteroatoms. The topological polar surface area (TPSA) is 36.4 Å². The molecular formula is C13H15BrFN3OS. The first-order valence-electron chi connectivity index (χ1n) is 6.57. The van der Waals surface area contributed by atoms with Crippen LogP contribution in [0, 0.1) is 11.7 Å². The van der Waals surface area contributed by atoms with Crippen LogP contribution < -0.4 is 4.90 Å². The predicted octanol–water partition coefficient (Wildman–Crippen LogP) is 1.99. The van der Waals surface area contributed by atoms with E-state index in [1.54, 1.807) is 6.20 Å². The van der Waals surface area contributed by atoms with Crippen molar-refractivity contribution >= 4 is 39.4 Å². The number of hydrogen-bond donors (Lipinski definition) is 0. The van der Waals surface area contributed by atoms with Crippen molar-refractivity contribution in [3.05, 3.63) is 22.6 Å². The van der Waals surface area contributed by atoms with E-state index in [1.807, 2.05) is 21.6 Å². The molecule has 0 unspecified atom stereocenters. The molecule has 1 aromatic rings. The van der Waals surface area contributed by atoms with Crippen molar-refractivity contribution in [3.63, 3.8) is 0 Å². The van der Waals surface area contributed by atoms with Gasteiger partial charge in [-0.25, -0.2) is 9.37 Å². The lowest BCUT2D eigenvalue weighted by molar-refractivity contribution is -0.135. The predicted molar refractivity (Wildman–Crippen MR) is 81.5 cm³/mol. The summed E-state index contributed by atoms with van der Waals surface area (Å²) in [6.07, 6.45) is 1.58. The highest BCUT2D eigenvalue weighted by Crippen LogP contribution is 2.28. The lowest BCUT2D eigenvalue weighted by Gasteiger charge is -2.42. The molecule has 108 valence electrons. The fraction of sp³-hybridized carbons (Fsp3) is 0.538. The second kappa shape index (κ2) is 5.89. The quantitative estimate of drug-likeness (QED) is 0.809. The van der Waals surface area contributed by atoms with Crippen LogP contribution in [-0.4, -0.2) is 53.5 Å². The van der Waals surface area contributed by atoms with Crippen LogP contribution >= 0.6 is 27.7 Å². The van der Waals surface area contributed by atoms with Crippen LogP contribution in [0.25, 0.3) is 0 Å². The van der Waals surface area contributed by atoms with Gasteiger partial charge in [0.2, 0.25) is 5.91 Å². The SMILES string of the molecule is O=C(C1CN(c2ncc(Br)cc2F)C1)N1CCSCC1. The molecule has 0 bridgehead atoms. The Labute approximate surface area is 129 Å². The number of aromatic nitrogens is 1. The average molecular weight is 360 g/mol. The highest BCUT2D eigenvalue weighted by Gasteiger charge is 2.37. The third kappa shape index (κ3) is 2.79. The largest absolute Gasteiger partial charge is 0.352 e. The molecule has 0 radical (unpaired) electrons. The van der Waals surface area contributed by atoms with Crippen molar-refractivity contribution < 1.29 is 9.18 Å². The molecule has 0 aliphatic carbocycles. The van der Waals surface area contributed by atoms with Gasteiger partial charge >= 0.3 is 0 Å². The Bertz CT molecular complexity index is 518. The Morgan fingerprint density at radius 3 is 2.75 bits per heavy atom. The molecule has 1 amide bonds. The summed E-state index contributed by atoms with van der Waals surface area (Å²) in [5, 5.41) is 0. The van der Waals surface area contributed by atoms with Crippen LogP contribution in [0.2, 0.25) is 0 Å². The molecule has 0 saturated carbocycles. The zero-order chi connectivity index (χ0) is 14.1. The van der Waals surface area contributed by atoms with Gasteiger partial charge in [0.25, 0.3) is 0 Å². The van der Waals surface area contributed by atoms with Crippen molar-refractivity contribution in [2.24, 2.45) is 5.92 Å². The van der Waals surface area contributed by atoms with E-state index in [2.05, 4.69) is 20.9 Å². The summed E-state index contributed by atoms with van der Waals surface area (Å²) in [5.74, 6) is 2.23. The zero-order valence-electron chi connectivity index (χ0n) is 10.9. The van der Waals surface area contributed by atoms with Crippen LogP contribution in [0.3, 0.4) is 0 Å². The van der Waals surface area contributed by atoms with Crippen LogP contribution in [0.5, 0.6) is 0 Å². The number of rotatable bonds is 2. The second-order valence-corrected chi connectivity index (χ2v) is 7.14. The van der Waals surface area contributed by atoms with E-state index in [9.17, 15) is 9.18 Å². The maximum Gasteiger partial charge on any atom is 0.229 e. The Balaban J connectivity index is 1.59. The smallest absolute Gasteiger partial charge is 0.229 e. The molecular weight excluding hydrogens is 345 g/mol. The van der Waals surface area contributed by atoms with Crippen molar-refractivity contribution in [2.45, 2.75) is 0 Å². The molecule has 2 saturated heterocycles. The van der Waals surface area contributed by atoms with Gasteiger partial charge in [0.15, 0.2) is 11.6 Å². The van der Waals surface area contributed by atoms with Crippen LogP contribution in [0.4, 0.5) is 10.2 Å². The normalized spacial score (nSPS) is 19.9. The molecule has 0 spiro atoms. The number of carbonyl (C=O) groups is 1. The number of thioether (sulfide) groups is 1. The summed E-state index contributed by atoms with van der Waals surface area (Å²) in [7, 11) is 0. The number of anilines is 1. The minimum atomic E-state index is -0.348. The number of carbonyl (C=O) groups excluding carboxylic acids is 1. The minimum Gasteiger partial charge on any atom is -0.352 e. The van der Waals surface area contributed by atoms with Gasteiger partial charge in [-0.3, -0.25) is 4.79 Å². The van der Waals surface area contributed by atoms with E-state index in [0.717, 1.165) is 24.6 Å². The molecule has 2 aliphatic heterocycles. The maximum atomic E-state index is 13.8. The third-order valence-corrected chi connectivity index (χ3v) is 5.02. The van der Waals surface area contributed by atoms with Gasteiger partial charge in [0.05, 0.1) is 5.92 Å². The van der Waals surface area contributed by atoms with Gasteiger partial charge in [0.1, 0.15) is 0 Å². The third-order valence-electron chi connectivity index (χ3n) is 3.64. The van der Waals surface area contributed by atoms with Gasteiger partial charge in [-0.05, 0) is 22.0 Å². The number of halogens is 2. The average Bonchev–Trinajstić information content (AvgIpc) is 2.40. The Morgan fingerprint density at radius 1 is 1.40 bits per heavy atom. The standard InChI is InChI=1S/C13H15BrFN3OS/c14-10-5-11(15)12(16-6-10)18-7-9(8-18)13(19)17-1-3-20-4-2-17/h5-6,9H,1-4,7-8H2. The Hall–Kier alpha value is -0.820. The van der Waals surface area contributed by atoms with Gasteiger partial charge < -0.3 is 9.80 Å². The first-order chi connectivity index (χ1) is 9.65. The molecule has 0 aromatic carbocycles. The molecule has 2 fully saturated rings. The molecule has 0 atom stereocenters. The van der Waals surface area contributed by atoms with Crippen molar-refractivity contribution in [3.8, 4) is 0 Å². The van der Waals surface area contributed by atoms with Gasteiger partial charge in [-0.2, -0.15) is 11.8 Å². The number of hydrogen-bond acceptors (Lipinski definition) is 4. The van der Waals surface area contributed by atoms with Gasteiger partial charge in [0, 0.05) is 48.4 Å². The van der Waals surface area contributed by atoms with E-state index in [-0.39, 0.29) is 17.6 Å². The van der Waals surface area contributed by atoms with Crippen LogP contribution in [0.15, 0.2) is 16.7 Å². The zero-order valence-corrected chi connectivity index (χ0v) is 13.3. The summed E-state index contributed by atoms with van der Waals surface area (Å²) in [6.45, 7) is 2.80. The highest BCUT2D eigenvalue weighted by molar-refractivity contribution is 9.10. The fourth-order valence-electron chi connectivity index (χ4n) is 2.49. The molecule has 3 heterocycles. The van der Waals surface area contributed by atoms with E-state index in [0.29, 0.717) is 23.4 Å². The molecule has 20 heavy (non-hydrogen) atoms. The van der Waals surface area contributed by atoms with Crippen LogP contribution in [0.1, 0.15) is 0 Å². The van der Waals surface area contributed by atoms with Crippen molar-refractivity contribution in [1.29, 1.82) is 0 Å². The molecule has 0 N–H and O–H groups in total. The summed E-state index contributed by atoms with van der Waals surface area (Å²) in [5.41, 5.74) is 0. The van der Waals surface area contributed by atoms with Crippen molar-refractivity contribution in [1.82, 2.24) is 9.88 Å². The number of nitrogens with zero attached hydrogens (tertiary/aromatic N) is 3.